The first-order valence-corrected chi connectivity index (χ1v) is 8.03. The number of ether oxygens (including phenoxy) is 2. The Morgan fingerprint density at radius 2 is 1.52 bits per heavy atom. The van der Waals surface area contributed by atoms with Crippen molar-refractivity contribution in [3.8, 4) is 11.5 Å². The molecule has 2 aromatic carbocycles. The van der Waals surface area contributed by atoms with Gasteiger partial charge in [0.1, 0.15) is 11.5 Å². The van der Waals surface area contributed by atoms with Gasteiger partial charge in [-0.25, -0.2) is 0 Å². The van der Waals surface area contributed by atoms with E-state index in [1.807, 2.05) is 24.3 Å². The Kier molecular flexibility index (Phi) is 5.03. The molecule has 0 atom stereocenters. The van der Waals surface area contributed by atoms with Crippen molar-refractivity contribution in [3.63, 3.8) is 0 Å². The molecule has 1 fully saturated rings. The largest absolute Gasteiger partial charge is 0.497 e. The lowest BCUT2D eigenvalue weighted by Gasteiger charge is -2.36. The van der Waals surface area contributed by atoms with Crippen molar-refractivity contribution in [2.24, 2.45) is 0 Å². The third-order valence-corrected chi connectivity index (χ3v) is 4.40. The second-order valence-electron chi connectivity index (χ2n) is 5.77. The van der Waals surface area contributed by atoms with Gasteiger partial charge in [0.2, 0.25) is 0 Å². The summed E-state index contributed by atoms with van der Waals surface area (Å²) >= 11 is 0. The molecule has 2 aromatic rings. The molecule has 3 rings (SSSR count). The number of rotatable bonds is 5. The highest BCUT2D eigenvalue weighted by atomic mass is 16.5. The van der Waals surface area contributed by atoms with Gasteiger partial charge in [0.15, 0.2) is 0 Å². The smallest absolute Gasteiger partial charge is 0.123 e. The zero-order chi connectivity index (χ0) is 16.1. The van der Waals surface area contributed by atoms with Crippen LogP contribution in [0.3, 0.4) is 0 Å². The highest BCUT2D eigenvalue weighted by Gasteiger charge is 2.18. The Hall–Kier alpha value is -2.20. The lowest BCUT2D eigenvalue weighted by atomic mass is 10.1. The average Bonchev–Trinajstić information content (AvgIpc) is 2.63. The summed E-state index contributed by atoms with van der Waals surface area (Å²) in [4.78, 5) is 4.91. The van der Waals surface area contributed by atoms with E-state index < -0.39 is 0 Å². The van der Waals surface area contributed by atoms with E-state index in [-0.39, 0.29) is 0 Å². The molecule has 0 aliphatic carbocycles. The highest BCUT2D eigenvalue weighted by molar-refractivity contribution is 5.49. The number of piperazine rings is 1. The van der Waals surface area contributed by atoms with Crippen molar-refractivity contribution in [2.75, 3.05) is 45.3 Å². The van der Waals surface area contributed by atoms with Gasteiger partial charge in [-0.2, -0.15) is 0 Å². The molecular formula is C19H24N2O2. The monoisotopic (exact) mass is 312 g/mol. The lowest BCUT2D eigenvalue weighted by molar-refractivity contribution is 0.246. The number of para-hydroxylation sites is 1. The molecule has 0 spiro atoms. The molecule has 1 aliphatic heterocycles. The second-order valence-corrected chi connectivity index (χ2v) is 5.77. The zero-order valence-electron chi connectivity index (χ0n) is 13.9. The Morgan fingerprint density at radius 1 is 0.826 bits per heavy atom. The number of benzene rings is 2. The van der Waals surface area contributed by atoms with Crippen LogP contribution in [0.2, 0.25) is 0 Å². The van der Waals surface area contributed by atoms with Gasteiger partial charge in [-0.05, 0) is 30.3 Å². The van der Waals surface area contributed by atoms with Crippen LogP contribution in [0.25, 0.3) is 0 Å². The number of hydrogen-bond acceptors (Lipinski definition) is 4. The van der Waals surface area contributed by atoms with E-state index in [1.54, 1.807) is 14.2 Å². The van der Waals surface area contributed by atoms with Crippen molar-refractivity contribution < 1.29 is 9.47 Å². The zero-order valence-corrected chi connectivity index (χ0v) is 13.9. The van der Waals surface area contributed by atoms with E-state index in [0.717, 1.165) is 44.2 Å². The molecule has 4 nitrogen and oxygen atoms in total. The van der Waals surface area contributed by atoms with Crippen molar-refractivity contribution in [2.45, 2.75) is 6.54 Å². The predicted octanol–water partition coefficient (Wildman–Crippen LogP) is 3.03. The van der Waals surface area contributed by atoms with Gasteiger partial charge in [0.25, 0.3) is 0 Å². The van der Waals surface area contributed by atoms with Crippen molar-refractivity contribution in [1.82, 2.24) is 4.90 Å². The maximum atomic E-state index is 5.45. The first-order chi connectivity index (χ1) is 11.3. The molecule has 0 aromatic heterocycles. The highest BCUT2D eigenvalue weighted by Crippen LogP contribution is 2.23. The molecule has 0 N–H and O–H groups in total. The summed E-state index contributed by atoms with van der Waals surface area (Å²) in [6.45, 7) is 5.15. The summed E-state index contributed by atoms with van der Waals surface area (Å²) in [5, 5.41) is 0. The maximum Gasteiger partial charge on any atom is 0.123 e. The van der Waals surface area contributed by atoms with Gasteiger partial charge in [-0.1, -0.05) is 18.2 Å². The molecule has 1 heterocycles. The van der Waals surface area contributed by atoms with Gasteiger partial charge in [-0.3, -0.25) is 4.90 Å². The summed E-state index contributed by atoms with van der Waals surface area (Å²) in [5.74, 6) is 1.88. The van der Waals surface area contributed by atoms with Gasteiger partial charge in [-0.15, -0.1) is 0 Å². The van der Waals surface area contributed by atoms with E-state index in [9.17, 15) is 0 Å². The van der Waals surface area contributed by atoms with Crippen LogP contribution in [-0.2, 0) is 6.54 Å². The maximum absolute atomic E-state index is 5.45. The van der Waals surface area contributed by atoms with Crippen molar-refractivity contribution in [1.29, 1.82) is 0 Å². The fourth-order valence-corrected chi connectivity index (χ4v) is 3.03. The molecule has 0 bridgehead atoms. The third kappa shape index (κ3) is 3.77. The van der Waals surface area contributed by atoms with Crippen molar-refractivity contribution >= 4 is 5.69 Å². The summed E-state index contributed by atoms with van der Waals surface area (Å²) in [5.41, 5.74) is 2.52. The topological polar surface area (TPSA) is 24.9 Å². The number of hydrogen-bond donors (Lipinski definition) is 0. The number of anilines is 1. The van der Waals surface area contributed by atoms with Crippen LogP contribution in [0.15, 0.2) is 48.5 Å². The molecule has 1 aliphatic rings. The molecular weight excluding hydrogens is 288 g/mol. The Labute approximate surface area is 138 Å². The van der Waals surface area contributed by atoms with Crippen molar-refractivity contribution in [3.05, 3.63) is 54.1 Å². The van der Waals surface area contributed by atoms with Gasteiger partial charge >= 0.3 is 0 Å². The summed E-state index contributed by atoms with van der Waals surface area (Å²) in [6, 6.07) is 16.6. The van der Waals surface area contributed by atoms with Crippen LogP contribution >= 0.6 is 0 Å². The fourth-order valence-electron chi connectivity index (χ4n) is 3.03. The second kappa shape index (κ2) is 7.38. The summed E-state index contributed by atoms with van der Waals surface area (Å²) in [7, 11) is 3.44. The first-order valence-electron chi connectivity index (χ1n) is 8.03. The summed E-state index contributed by atoms with van der Waals surface area (Å²) < 4.78 is 10.7. The molecule has 0 amide bonds. The van der Waals surface area contributed by atoms with Gasteiger partial charge in [0.05, 0.1) is 14.2 Å². The Balaban J connectivity index is 1.57. The Morgan fingerprint density at radius 3 is 2.17 bits per heavy atom. The SMILES string of the molecule is COc1ccc(N2CCN(Cc3ccccc3OC)CC2)cc1. The van der Waals surface area contributed by atoms with E-state index in [1.165, 1.54) is 11.3 Å². The molecule has 23 heavy (non-hydrogen) atoms. The normalized spacial score (nSPS) is 15.5. The molecule has 0 unspecified atom stereocenters. The summed E-state index contributed by atoms with van der Waals surface area (Å²) in [6.07, 6.45) is 0. The molecule has 4 heteroatoms. The Bertz CT molecular complexity index is 620. The molecule has 122 valence electrons. The minimum absolute atomic E-state index is 0.906. The van der Waals surface area contributed by atoms with Crippen LogP contribution in [-0.4, -0.2) is 45.3 Å². The van der Waals surface area contributed by atoms with E-state index in [2.05, 4.69) is 34.1 Å². The van der Waals surface area contributed by atoms with E-state index >= 15 is 0 Å². The lowest BCUT2D eigenvalue weighted by Crippen LogP contribution is -2.46. The van der Waals surface area contributed by atoms with E-state index in [4.69, 9.17) is 9.47 Å². The average molecular weight is 312 g/mol. The van der Waals surface area contributed by atoms with Crippen LogP contribution < -0.4 is 14.4 Å². The molecule has 0 radical (unpaired) electrons. The van der Waals surface area contributed by atoms with Crippen LogP contribution in [0.1, 0.15) is 5.56 Å². The van der Waals surface area contributed by atoms with E-state index in [0.29, 0.717) is 0 Å². The minimum atomic E-state index is 0.906. The number of nitrogens with zero attached hydrogens (tertiary/aromatic N) is 2. The standard InChI is InChI=1S/C19H24N2O2/c1-22-18-9-7-17(8-10-18)21-13-11-20(12-14-21)15-16-5-3-4-6-19(16)23-2/h3-10H,11-15H2,1-2H3. The fraction of sp³-hybridized carbons (Fsp3) is 0.368. The molecule has 1 saturated heterocycles. The van der Waals surface area contributed by atoms with Gasteiger partial charge in [0, 0.05) is 44.0 Å². The minimum Gasteiger partial charge on any atom is -0.497 e. The third-order valence-electron chi connectivity index (χ3n) is 4.40. The van der Waals surface area contributed by atoms with Crippen LogP contribution in [0.5, 0.6) is 11.5 Å². The quantitative estimate of drug-likeness (QED) is 0.847. The first kappa shape index (κ1) is 15.7. The predicted molar refractivity (Wildman–Crippen MR) is 93.5 cm³/mol. The molecule has 0 saturated carbocycles. The number of methoxy groups -OCH3 is 2. The van der Waals surface area contributed by atoms with Crippen LogP contribution in [0.4, 0.5) is 5.69 Å². The van der Waals surface area contributed by atoms with Gasteiger partial charge < -0.3 is 14.4 Å². The van der Waals surface area contributed by atoms with Crippen LogP contribution in [0, 0.1) is 0 Å².